The molecule has 16 heavy (non-hydrogen) atoms. The highest BCUT2D eigenvalue weighted by Gasteiger charge is 2.49. The third-order valence-corrected chi connectivity index (χ3v) is 21.3. The van der Waals surface area contributed by atoms with Gasteiger partial charge in [-0.05, 0) is 0 Å². The molecule has 0 spiro atoms. The molecule has 0 atom stereocenters. The second-order valence-corrected chi connectivity index (χ2v) is 18.0. The molecule has 96 valence electrons. The second-order valence-electron chi connectivity index (χ2n) is 6.89. The SMILES string of the molecule is CCCCC[Si]1(C)C[Si](C)(CCCCC)C1. The van der Waals surface area contributed by atoms with E-state index in [0.29, 0.717) is 0 Å². The molecular formula is C14H32Si2. The van der Waals surface area contributed by atoms with E-state index in [1.54, 1.807) is 36.3 Å². The Morgan fingerprint density at radius 3 is 1.38 bits per heavy atom. The van der Waals surface area contributed by atoms with Crippen molar-refractivity contribution < 1.29 is 0 Å². The monoisotopic (exact) mass is 256 g/mol. The lowest BCUT2D eigenvalue weighted by atomic mass is 10.3. The van der Waals surface area contributed by atoms with Crippen molar-refractivity contribution in [2.45, 2.75) is 88.9 Å². The van der Waals surface area contributed by atoms with Gasteiger partial charge in [0.2, 0.25) is 0 Å². The molecule has 0 saturated carbocycles. The van der Waals surface area contributed by atoms with Crippen molar-refractivity contribution in [1.29, 1.82) is 0 Å². The van der Waals surface area contributed by atoms with Crippen molar-refractivity contribution in [1.82, 2.24) is 0 Å². The Morgan fingerprint density at radius 1 is 0.688 bits per heavy atom. The van der Waals surface area contributed by atoms with Crippen LogP contribution in [0.5, 0.6) is 0 Å². The third-order valence-electron chi connectivity index (χ3n) is 4.47. The average Bonchev–Trinajstić information content (AvgIpc) is 2.16. The van der Waals surface area contributed by atoms with Crippen LogP contribution in [0.25, 0.3) is 0 Å². The van der Waals surface area contributed by atoms with Crippen LogP contribution in [0.2, 0.25) is 36.5 Å². The molecule has 0 bridgehead atoms. The minimum atomic E-state index is -0.668. The van der Waals surface area contributed by atoms with Crippen LogP contribution in [0.15, 0.2) is 0 Å². The molecule has 0 radical (unpaired) electrons. The van der Waals surface area contributed by atoms with E-state index in [1.807, 2.05) is 0 Å². The minimum absolute atomic E-state index is 0.668. The van der Waals surface area contributed by atoms with Crippen LogP contribution < -0.4 is 0 Å². The van der Waals surface area contributed by atoms with Crippen LogP contribution >= 0.6 is 0 Å². The maximum atomic E-state index is 2.69. The third kappa shape index (κ3) is 4.36. The van der Waals surface area contributed by atoms with Crippen molar-refractivity contribution in [3.05, 3.63) is 0 Å². The molecule has 1 fully saturated rings. The van der Waals surface area contributed by atoms with Gasteiger partial charge in [-0.2, -0.15) is 0 Å². The van der Waals surface area contributed by atoms with E-state index < -0.39 is 16.1 Å². The Kier molecular flexibility index (Phi) is 5.79. The number of hydrogen-bond donors (Lipinski definition) is 0. The largest absolute Gasteiger partial charge is 0.0696 e. The smallest absolute Gasteiger partial charge is 0.0452 e. The Morgan fingerprint density at radius 2 is 1.06 bits per heavy atom. The normalized spacial score (nSPS) is 33.8. The molecular weight excluding hydrogens is 224 g/mol. The molecule has 1 aliphatic heterocycles. The zero-order valence-corrected chi connectivity index (χ0v) is 14.1. The molecule has 1 heterocycles. The topological polar surface area (TPSA) is 0 Å². The van der Waals surface area contributed by atoms with Gasteiger partial charge < -0.3 is 0 Å². The predicted octanol–water partition coefficient (Wildman–Crippen LogP) is 5.62. The molecule has 0 N–H and O–H groups in total. The van der Waals surface area contributed by atoms with E-state index >= 15 is 0 Å². The summed E-state index contributed by atoms with van der Waals surface area (Å²) < 4.78 is 0. The van der Waals surface area contributed by atoms with Gasteiger partial charge in [0.1, 0.15) is 0 Å². The summed E-state index contributed by atoms with van der Waals surface area (Å²) in [7, 11) is -1.34. The first-order chi connectivity index (χ1) is 7.54. The molecule has 0 aromatic carbocycles. The van der Waals surface area contributed by atoms with Gasteiger partial charge in [0.15, 0.2) is 0 Å². The van der Waals surface area contributed by atoms with Gasteiger partial charge in [0.05, 0.1) is 0 Å². The summed E-state index contributed by atoms with van der Waals surface area (Å²) in [5.74, 6) is 0. The molecule has 1 aliphatic rings. The summed E-state index contributed by atoms with van der Waals surface area (Å²) in [6, 6.07) is 3.30. The minimum Gasteiger partial charge on any atom is -0.0696 e. The van der Waals surface area contributed by atoms with Crippen LogP contribution in [-0.4, -0.2) is 16.1 Å². The summed E-state index contributed by atoms with van der Waals surface area (Å²) in [6.45, 7) is 10.0. The van der Waals surface area contributed by atoms with Crippen LogP contribution in [0.1, 0.15) is 52.4 Å². The van der Waals surface area contributed by atoms with E-state index in [4.69, 9.17) is 0 Å². The molecule has 0 amide bonds. The lowest BCUT2D eigenvalue weighted by molar-refractivity contribution is 0.750. The van der Waals surface area contributed by atoms with Crippen LogP contribution in [-0.2, 0) is 0 Å². The van der Waals surface area contributed by atoms with E-state index in [0.717, 1.165) is 0 Å². The van der Waals surface area contributed by atoms with E-state index in [9.17, 15) is 0 Å². The fraction of sp³-hybridized carbons (Fsp3) is 1.00. The first kappa shape index (κ1) is 14.5. The zero-order chi connectivity index (χ0) is 12.1. The highest BCUT2D eigenvalue weighted by Crippen LogP contribution is 2.46. The predicted molar refractivity (Wildman–Crippen MR) is 81.5 cm³/mol. The lowest BCUT2D eigenvalue weighted by Crippen LogP contribution is -2.59. The number of rotatable bonds is 8. The molecule has 2 heteroatoms. The Balaban J connectivity index is 2.17. The summed E-state index contributed by atoms with van der Waals surface area (Å²) in [5.41, 5.74) is 3.54. The van der Waals surface area contributed by atoms with E-state index in [2.05, 4.69) is 26.9 Å². The van der Waals surface area contributed by atoms with E-state index in [1.165, 1.54) is 25.7 Å². The van der Waals surface area contributed by atoms with Crippen molar-refractivity contribution in [3.8, 4) is 0 Å². The maximum absolute atomic E-state index is 2.69. The first-order valence-corrected chi connectivity index (χ1v) is 13.8. The quantitative estimate of drug-likeness (QED) is 0.391. The highest BCUT2D eigenvalue weighted by molar-refractivity contribution is 7.12. The van der Waals surface area contributed by atoms with Gasteiger partial charge in [-0.25, -0.2) is 0 Å². The maximum Gasteiger partial charge on any atom is 0.0452 e. The van der Waals surface area contributed by atoms with Crippen molar-refractivity contribution in [2.24, 2.45) is 0 Å². The van der Waals surface area contributed by atoms with Crippen LogP contribution in [0, 0.1) is 0 Å². The van der Waals surface area contributed by atoms with Gasteiger partial charge in [0.25, 0.3) is 0 Å². The molecule has 0 aromatic heterocycles. The lowest BCUT2D eigenvalue weighted by Gasteiger charge is -2.51. The van der Waals surface area contributed by atoms with Gasteiger partial charge in [-0.15, -0.1) is 0 Å². The van der Waals surface area contributed by atoms with Crippen LogP contribution in [0.4, 0.5) is 0 Å². The average molecular weight is 257 g/mol. The molecule has 0 nitrogen and oxygen atoms in total. The Bertz CT molecular complexity index is 175. The van der Waals surface area contributed by atoms with Gasteiger partial charge in [-0.1, -0.05) is 88.9 Å². The number of unbranched alkanes of at least 4 members (excludes halogenated alkanes) is 4. The summed E-state index contributed by atoms with van der Waals surface area (Å²) >= 11 is 0. The van der Waals surface area contributed by atoms with E-state index in [-0.39, 0.29) is 0 Å². The summed E-state index contributed by atoms with van der Waals surface area (Å²) in [4.78, 5) is 0. The fourth-order valence-electron chi connectivity index (χ4n) is 3.97. The first-order valence-electron chi connectivity index (χ1n) is 7.54. The van der Waals surface area contributed by atoms with Crippen molar-refractivity contribution >= 4 is 16.1 Å². The molecule has 0 unspecified atom stereocenters. The molecule has 0 aromatic rings. The van der Waals surface area contributed by atoms with Gasteiger partial charge in [-0.3, -0.25) is 0 Å². The number of hydrogen-bond acceptors (Lipinski definition) is 0. The second kappa shape index (κ2) is 6.39. The standard InChI is InChI=1S/C14H32Si2/c1-5-7-9-11-15(3)13-16(4,14-15)12-10-8-6-2/h5-14H2,1-4H3. The fourth-order valence-corrected chi connectivity index (χ4v) is 25.1. The summed E-state index contributed by atoms with van der Waals surface area (Å²) in [5, 5.41) is 0. The Labute approximate surface area is 105 Å². The molecule has 1 rings (SSSR count). The molecule has 0 aliphatic carbocycles. The zero-order valence-electron chi connectivity index (χ0n) is 12.1. The Hall–Kier alpha value is 0.434. The van der Waals surface area contributed by atoms with Crippen molar-refractivity contribution in [2.75, 3.05) is 0 Å². The van der Waals surface area contributed by atoms with Gasteiger partial charge >= 0.3 is 0 Å². The van der Waals surface area contributed by atoms with Crippen molar-refractivity contribution in [3.63, 3.8) is 0 Å². The van der Waals surface area contributed by atoms with Gasteiger partial charge in [0, 0.05) is 16.1 Å². The molecule has 1 saturated heterocycles. The highest BCUT2D eigenvalue weighted by atomic mass is 28.5. The van der Waals surface area contributed by atoms with Crippen LogP contribution in [0.3, 0.4) is 0 Å². The summed E-state index contributed by atoms with van der Waals surface area (Å²) in [6.07, 6.45) is 8.84.